The molecule has 0 saturated carbocycles. The van der Waals surface area contributed by atoms with Gasteiger partial charge >= 0.3 is 0 Å². The molecule has 22 heavy (non-hydrogen) atoms. The maximum absolute atomic E-state index is 12.3. The molecular formula is C16H13ClN4O. The molecule has 2 heterocycles. The second-order valence-electron chi connectivity index (χ2n) is 4.75. The number of nitrogens with one attached hydrogen (secondary N) is 2. The van der Waals surface area contributed by atoms with E-state index in [9.17, 15) is 4.79 Å². The molecule has 0 aliphatic heterocycles. The molecule has 2 aromatic heterocycles. The van der Waals surface area contributed by atoms with Crippen molar-refractivity contribution in [2.45, 2.75) is 6.92 Å². The lowest BCUT2D eigenvalue weighted by molar-refractivity contribution is 1.07. The maximum atomic E-state index is 12.3. The van der Waals surface area contributed by atoms with Crippen LogP contribution in [-0.2, 0) is 0 Å². The fourth-order valence-corrected chi connectivity index (χ4v) is 2.29. The molecule has 110 valence electrons. The summed E-state index contributed by atoms with van der Waals surface area (Å²) in [4.78, 5) is 23.5. The first-order chi connectivity index (χ1) is 10.6. The summed E-state index contributed by atoms with van der Waals surface area (Å²) < 4.78 is 0. The zero-order valence-corrected chi connectivity index (χ0v) is 12.6. The summed E-state index contributed by atoms with van der Waals surface area (Å²) in [6, 6.07) is 10.8. The molecule has 0 aliphatic carbocycles. The van der Waals surface area contributed by atoms with Crippen molar-refractivity contribution in [2.24, 2.45) is 0 Å². The molecule has 0 fully saturated rings. The summed E-state index contributed by atoms with van der Waals surface area (Å²) in [7, 11) is 0. The van der Waals surface area contributed by atoms with Crippen LogP contribution >= 0.6 is 11.6 Å². The quantitative estimate of drug-likeness (QED) is 0.776. The van der Waals surface area contributed by atoms with Gasteiger partial charge < -0.3 is 5.32 Å². The molecular weight excluding hydrogens is 300 g/mol. The Hall–Kier alpha value is -2.66. The summed E-state index contributed by atoms with van der Waals surface area (Å²) in [6.07, 6.45) is 3.31. The number of nitrogens with zero attached hydrogens (tertiary/aromatic N) is 2. The topological polar surface area (TPSA) is 70.7 Å². The normalized spacial score (nSPS) is 10.5. The van der Waals surface area contributed by atoms with Gasteiger partial charge in [0.25, 0.3) is 5.56 Å². The van der Waals surface area contributed by atoms with E-state index in [2.05, 4.69) is 20.3 Å². The highest BCUT2D eigenvalue weighted by Gasteiger charge is 2.10. The lowest BCUT2D eigenvalue weighted by Crippen LogP contribution is -2.15. The van der Waals surface area contributed by atoms with Crippen molar-refractivity contribution in [3.63, 3.8) is 0 Å². The first-order valence-corrected chi connectivity index (χ1v) is 7.05. The van der Waals surface area contributed by atoms with Gasteiger partial charge in [-0.3, -0.25) is 14.8 Å². The van der Waals surface area contributed by atoms with E-state index in [1.165, 1.54) is 0 Å². The van der Waals surface area contributed by atoms with Crippen LogP contribution in [0.3, 0.4) is 0 Å². The van der Waals surface area contributed by atoms with Crippen molar-refractivity contribution in [3.8, 4) is 11.1 Å². The Morgan fingerprint density at radius 1 is 1.18 bits per heavy atom. The Bertz CT molecular complexity index is 844. The second kappa shape index (κ2) is 5.99. The molecule has 3 aromatic rings. The van der Waals surface area contributed by atoms with Gasteiger partial charge in [0.05, 0.1) is 11.3 Å². The number of hydrogen-bond donors (Lipinski definition) is 2. The predicted molar refractivity (Wildman–Crippen MR) is 87.6 cm³/mol. The second-order valence-corrected chi connectivity index (χ2v) is 5.18. The number of aromatic nitrogens is 3. The number of halogens is 1. The standard InChI is InChI=1S/C16H13ClN4O/c1-10-14(11-3-2-8-18-9-11)15(22)21-16(19-10)20-13-6-4-12(17)5-7-13/h2-9H,1H3,(H2,19,20,21,22). The van der Waals surface area contributed by atoms with Crippen LogP contribution < -0.4 is 10.9 Å². The van der Waals surface area contributed by atoms with Crippen LogP contribution in [0.2, 0.25) is 5.02 Å². The van der Waals surface area contributed by atoms with Gasteiger partial charge in [-0.15, -0.1) is 0 Å². The third-order valence-electron chi connectivity index (χ3n) is 3.16. The van der Waals surface area contributed by atoms with Crippen LogP contribution in [0.5, 0.6) is 0 Å². The summed E-state index contributed by atoms with van der Waals surface area (Å²) in [6.45, 7) is 1.80. The van der Waals surface area contributed by atoms with Crippen LogP contribution in [0.4, 0.5) is 11.6 Å². The SMILES string of the molecule is Cc1nc(Nc2ccc(Cl)cc2)[nH]c(=O)c1-c1cccnc1. The average Bonchev–Trinajstić information content (AvgIpc) is 2.50. The van der Waals surface area contributed by atoms with Crippen molar-refractivity contribution >= 4 is 23.2 Å². The van der Waals surface area contributed by atoms with Crippen molar-refractivity contribution in [2.75, 3.05) is 5.32 Å². The van der Waals surface area contributed by atoms with Gasteiger partial charge in [0.15, 0.2) is 0 Å². The number of H-pyrrole nitrogens is 1. The summed E-state index contributed by atoms with van der Waals surface area (Å²) in [5.74, 6) is 0.387. The maximum Gasteiger partial charge on any atom is 0.260 e. The summed E-state index contributed by atoms with van der Waals surface area (Å²) in [5.41, 5.74) is 2.48. The van der Waals surface area contributed by atoms with E-state index in [1.54, 1.807) is 37.5 Å². The Balaban J connectivity index is 1.96. The molecule has 6 heteroatoms. The molecule has 5 nitrogen and oxygen atoms in total. The summed E-state index contributed by atoms with van der Waals surface area (Å²) >= 11 is 5.85. The minimum absolute atomic E-state index is 0.211. The van der Waals surface area contributed by atoms with Gasteiger partial charge in [-0.05, 0) is 37.3 Å². The average molecular weight is 313 g/mol. The van der Waals surface area contributed by atoms with Crippen LogP contribution in [-0.4, -0.2) is 15.0 Å². The molecule has 0 unspecified atom stereocenters. The molecule has 1 aromatic carbocycles. The fourth-order valence-electron chi connectivity index (χ4n) is 2.17. The van der Waals surface area contributed by atoms with Gasteiger partial charge in [0.1, 0.15) is 0 Å². The van der Waals surface area contributed by atoms with Gasteiger partial charge in [-0.2, -0.15) is 0 Å². The van der Waals surface area contributed by atoms with E-state index in [1.807, 2.05) is 18.2 Å². The largest absolute Gasteiger partial charge is 0.326 e. The first kappa shape index (κ1) is 14.3. The Morgan fingerprint density at radius 3 is 2.59 bits per heavy atom. The van der Waals surface area contributed by atoms with Crippen molar-refractivity contribution in [1.29, 1.82) is 0 Å². The number of anilines is 2. The third-order valence-corrected chi connectivity index (χ3v) is 3.41. The Morgan fingerprint density at radius 2 is 1.95 bits per heavy atom. The van der Waals surface area contributed by atoms with Gasteiger partial charge in [0, 0.05) is 28.7 Å². The molecule has 0 aliphatic rings. The van der Waals surface area contributed by atoms with Crippen LogP contribution in [0.25, 0.3) is 11.1 Å². The highest BCUT2D eigenvalue weighted by Crippen LogP contribution is 2.19. The molecule has 0 atom stereocenters. The minimum atomic E-state index is -0.211. The zero-order valence-electron chi connectivity index (χ0n) is 11.8. The third kappa shape index (κ3) is 2.99. The van der Waals surface area contributed by atoms with E-state index in [-0.39, 0.29) is 5.56 Å². The highest BCUT2D eigenvalue weighted by atomic mass is 35.5. The van der Waals surface area contributed by atoms with Crippen LogP contribution in [0.15, 0.2) is 53.6 Å². The number of aryl methyl sites for hydroxylation is 1. The Labute approximate surface area is 132 Å². The first-order valence-electron chi connectivity index (χ1n) is 6.67. The van der Waals surface area contributed by atoms with E-state index in [4.69, 9.17) is 11.6 Å². The van der Waals surface area contributed by atoms with E-state index in [0.29, 0.717) is 22.2 Å². The smallest absolute Gasteiger partial charge is 0.260 e. The molecule has 0 radical (unpaired) electrons. The van der Waals surface area contributed by atoms with Gasteiger partial charge in [0.2, 0.25) is 5.95 Å². The van der Waals surface area contributed by atoms with E-state index >= 15 is 0 Å². The van der Waals surface area contributed by atoms with E-state index in [0.717, 1.165) is 11.3 Å². The number of hydrogen-bond acceptors (Lipinski definition) is 4. The lowest BCUT2D eigenvalue weighted by atomic mass is 10.1. The number of rotatable bonds is 3. The molecule has 2 N–H and O–H groups in total. The number of pyridine rings is 1. The molecule has 0 spiro atoms. The number of benzene rings is 1. The monoisotopic (exact) mass is 312 g/mol. The molecule has 0 amide bonds. The van der Waals surface area contributed by atoms with E-state index < -0.39 is 0 Å². The van der Waals surface area contributed by atoms with Crippen molar-refractivity contribution < 1.29 is 0 Å². The number of aromatic amines is 1. The fraction of sp³-hybridized carbons (Fsp3) is 0.0625. The minimum Gasteiger partial charge on any atom is -0.326 e. The highest BCUT2D eigenvalue weighted by molar-refractivity contribution is 6.30. The predicted octanol–water partition coefficient (Wildman–Crippen LogP) is 3.54. The lowest BCUT2D eigenvalue weighted by Gasteiger charge is -2.09. The van der Waals surface area contributed by atoms with Crippen molar-refractivity contribution in [3.05, 3.63) is 69.9 Å². The van der Waals surface area contributed by atoms with Crippen LogP contribution in [0.1, 0.15) is 5.69 Å². The zero-order chi connectivity index (χ0) is 15.5. The van der Waals surface area contributed by atoms with Crippen molar-refractivity contribution in [1.82, 2.24) is 15.0 Å². The van der Waals surface area contributed by atoms with Gasteiger partial charge in [-0.25, -0.2) is 4.98 Å². The molecule has 0 saturated heterocycles. The van der Waals surface area contributed by atoms with Gasteiger partial charge in [-0.1, -0.05) is 17.7 Å². The molecule has 0 bridgehead atoms. The summed E-state index contributed by atoms with van der Waals surface area (Å²) in [5, 5.41) is 3.70. The molecule has 3 rings (SSSR count). The Kier molecular flexibility index (Phi) is 3.89. The van der Waals surface area contributed by atoms with Crippen LogP contribution in [0, 0.1) is 6.92 Å².